The van der Waals surface area contributed by atoms with Gasteiger partial charge in [-0.2, -0.15) is 0 Å². The Labute approximate surface area is 371 Å². The summed E-state index contributed by atoms with van der Waals surface area (Å²) in [5.41, 5.74) is 0.642. The van der Waals surface area contributed by atoms with Crippen LogP contribution < -0.4 is 10.6 Å². The number of amides is 2. The first-order valence-corrected chi connectivity index (χ1v) is 22.2. The maximum atomic E-state index is 14.4. The third-order valence-corrected chi connectivity index (χ3v) is 13.5. The normalized spacial score (nSPS) is 37.5. The standard InChI is InChI=1S/C47H68N4O12/c1-12-37-47(9)40(49-45(55)62-47)29(5)34(18-19-56-44(54)48-23-33-21-35(50-63-33)32-16-14-13-15-17-32)27(3)22-46(8)41(61-43-38(52)36(51(10)11)20-28(4)59-43)30(6)39(31(7)42(53)60-37)57-24-26(2)25-58-46/h13-18,21,27-31,36-41,43,52H,2,12,19-20,22-25H2,1,3-11H3,(H,48,54)(H,49,55)/b34-18+/t27-,28-,29+,30+,31-,36+,37-,38-,39?,40?,41-,43?,46-,47-/m1/s1. The van der Waals surface area contributed by atoms with E-state index in [-0.39, 0.29) is 44.4 Å². The number of rotatable bonds is 9. The number of ether oxygens (including phenoxy) is 7. The Hall–Kier alpha value is -4.32. The van der Waals surface area contributed by atoms with Gasteiger partial charge in [0.2, 0.25) is 0 Å². The second kappa shape index (κ2) is 20.2. The number of aliphatic hydroxyl groups excluding tert-OH is 1. The van der Waals surface area contributed by atoms with Crippen molar-refractivity contribution < 1.29 is 57.2 Å². The topological polar surface area (TPSA) is 189 Å². The van der Waals surface area contributed by atoms with Crippen molar-refractivity contribution in [2.75, 3.05) is 33.9 Å². The molecule has 4 aliphatic heterocycles. The van der Waals surface area contributed by atoms with E-state index in [1.165, 1.54) is 0 Å². The first-order chi connectivity index (χ1) is 29.8. The van der Waals surface area contributed by atoms with E-state index < -0.39 is 83.9 Å². The van der Waals surface area contributed by atoms with E-state index in [4.69, 9.17) is 37.7 Å². The number of esters is 1. The Bertz CT molecular complexity index is 1940. The van der Waals surface area contributed by atoms with Crippen molar-refractivity contribution >= 4 is 18.2 Å². The molecule has 3 unspecified atom stereocenters. The molecule has 14 atom stereocenters. The van der Waals surface area contributed by atoms with Crippen LogP contribution in [0.25, 0.3) is 11.3 Å². The molecule has 4 fully saturated rings. The number of carbonyl (C=O) groups is 3. The molecule has 348 valence electrons. The largest absolute Gasteiger partial charge is 0.458 e. The van der Waals surface area contributed by atoms with Crippen molar-refractivity contribution in [3.8, 4) is 11.3 Å². The molecular weight excluding hydrogens is 813 g/mol. The molecule has 0 saturated carbocycles. The van der Waals surface area contributed by atoms with E-state index >= 15 is 0 Å². The molecule has 4 aliphatic rings. The highest BCUT2D eigenvalue weighted by molar-refractivity contribution is 5.74. The lowest BCUT2D eigenvalue weighted by atomic mass is 9.71. The molecule has 5 heterocycles. The van der Waals surface area contributed by atoms with E-state index in [0.717, 1.165) is 11.1 Å². The van der Waals surface area contributed by atoms with Gasteiger partial charge in [-0.05, 0) is 78.6 Å². The van der Waals surface area contributed by atoms with Crippen molar-refractivity contribution in [1.29, 1.82) is 0 Å². The van der Waals surface area contributed by atoms with Crippen LogP contribution >= 0.6 is 0 Å². The fraction of sp³-hybridized carbons (Fsp3) is 0.660. The van der Waals surface area contributed by atoms with Gasteiger partial charge in [0.05, 0.1) is 55.6 Å². The molecule has 0 aliphatic carbocycles. The molecule has 1 aromatic heterocycles. The van der Waals surface area contributed by atoms with Gasteiger partial charge in [-0.15, -0.1) is 0 Å². The van der Waals surface area contributed by atoms with Gasteiger partial charge >= 0.3 is 18.2 Å². The lowest BCUT2D eigenvalue weighted by molar-refractivity contribution is -0.302. The van der Waals surface area contributed by atoms with E-state index in [9.17, 15) is 19.5 Å². The lowest BCUT2D eigenvalue weighted by Gasteiger charge is -2.49. The second-order valence-electron chi connectivity index (χ2n) is 18.5. The predicted molar refractivity (Wildman–Crippen MR) is 232 cm³/mol. The molecule has 0 radical (unpaired) electrons. The second-order valence-corrected chi connectivity index (χ2v) is 18.5. The van der Waals surface area contributed by atoms with Gasteiger partial charge < -0.3 is 58.3 Å². The summed E-state index contributed by atoms with van der Waals surface area (Å²) in [6.45, 7) is 19.8. The van der Waals surface area contributed by atoms with Crippen LogP contribution in [0.15, 0.2) is 64.7 Å². The van der Waals surface area contributed by atoms with Crippen LogP contribution in [-0.2, 0) is 44.5 Å². The molecule has 3 N–H and O–H groups in total. The maximum Gasteiger partial charge on any atom is 0.408 e. The van der Waals surface area contributed by atoms with E-state index in [0.29, 0.717) is 36.3 Å². The Kier molecular flexibility index (Phi) is 15.5. The number of benzene rings is 1. The third kappa shape index (κ3) is 10.8. The fourth-order valence-electron chi connectivity index (χ4n) is 10.1. The number of cyclic esters (lactones) is 1. The minimum atomic E-state index is -1.28. The number of nitrogens with one attached hydrogen (secondary N) is 2. The summed E-state index contributed by atoms with van der Waals surface area (Å²) in [4.78, 5) is 42.7. The summed E-state index contributed by atoms with van der Waals surface area (Å²) in [6.07, 6.45) is -2.80. The van der Waals surface area contributed by atoms with Gasteiger partial charge in [0, 0.05) is 29.5 Å². The average Bonchev–Trinajstić information content (AvgIpc) is 3.86. The Morgan fingerprint density at radius 3 is 2.52 bits per heavy atom. The molecule has 4 saturated heterocycles. The van der Waals surface area contributed by atoms with Crippen LogP contribution in [0.1, 0.15) is 80.4 Å². The zero-order valence-corrected chi connectivity index (χ0v) is 38.5. The SMILES string of the molecule is C=C1COC2[C@@H](C)C(=O)O[C@H](CC)[C@@]3(C)OC(=O)NC3[C@@H](C)/C(=C/COC(=O)NCc3cc(-c4ccccc4)no3)[C@H](C)C[C@@](C)(OC1)[C@H](OC1O[C@H](C)C[C@H](N(C)C)[C@H]1O)[C@H]2C. The number of hydrogen-bond acceptors (Lipinski definition) is 14. The fourth-order valence-corrected chi connectivity index (χ4v) is 10.1. The van der Waals surface area contributed by atoms with Crippen molar-refractivity contribution in [3.63, 3.8) is 0 Å². The maximum absolute atomic E-state index is 14.4. The van der Waals surface area contributed by atoms with Crippen LogP contribution in [0.5, 0.6) is 0 Å². The number of nitrogens with zero attached hydrogens (tertiary/aromatic N) is 2. The Morgan fingerprint density at radius 1 is 1.10 bits per heavy atom. The number of aliphatic hydroxyl groups is 1. The third-order valence-electron chi connectivity index (χ3n) is 13.5. The summed E-state index contributed by atoms with van der Waals surface area (Å²) in [5.74, 6) is -2.14. The first-order valence-electron chi connectivity index (χ1n) is 22.2. The van der Waals surface area contributed by atoms with Crippen molar-refractivity contribution in [2.45, 2.75) is 141 Å². The van der Waals surface area contributed by atoms with Gasteiger partial charge in [0.1, 0.15) is 24.5 Å². The van der Waals surface area contributed by atoms with E-state index in [2.05, 4.69) is 29.3 Å². The van der Waals surface area contributed by atoms with Crippen molar-refractivity contribution in [3.05, 3.63) is 66.0 Å². The minimum absolute atomic E-state index is 0.0559. The number of alkyl carbamates (subject to hydrolysis) is 2. The zero-order chi connectivity index (χ0) is 45.8. The molecular formula is C47H68N4O12. The quantitative estimate of drug-likeness (QED) is 0.147. The molecule has 63 heavy (non-hydrogen) atoms. The summed E-state index contributed by atoms with van der Waals surface area (Å²) in [6, 6.07) is 10.4. The number of fused-ring (bicyclic) bond motifs is 4. The summed E-state index contributed by atoms with van der Waals surface area (Å²) < 4.78 is 50.3. The lowest BCUT2D eigenvalue weighted by Crippen LogP contribution is -2.60. The van der Waals surface area contributed by atoms with Gasteiger partial charge in [0.25, 0.3) is 0 Å². The van der Waals surface area contributed by atoms with Gasteiger partial charge in [-0.1, -0.05) is 75.3 Å². The molecule has 1 aromatic carbocycles. The molecule has 2 bridgehead atoms. The average molecular weight is 881 g/mol. The van der Waals surface area contributed by atoms with Crippen LogP contribution in [0.4, 0.5) is 9.59 Å². The van der Waals surface area contributed by atoms with Crippen LogP contribution in [0, 0.1) is 23.7 Å². The predicted octanol–water partition coefficient (Wildman–Crippen LogP) is 6.17. The molecule has 0 spiro atoms. The summed E-state index contributed by atoms with van der Waals surface area (Å²) in [7, 11) is 3.83. The summed E-state index contributed by atoms with van der Waals surface area (Å²) in [5, 5.41) is 21.6. The van der Waals surface area contributed by atoms with Crippen LogP contribution in [0.2, 0.25) is 0 Å². The molecule has 16 heteroatoms. The first kappa shape index (κ1) is 48.1. The van der Waals surface area contributed by atoms with Crippen molar-refractivity contribution in [2.24, 2.45) is 23.7 Å². The van der Waals surface area contributed by atoms with Crippen LogP contribution in [0.3, 0.4) is 0 Å². The molecule has 2 aromatic rings. The number of carbonyl (C=O) groups excluding carboxylic acids is 3. The Balaban J connectivity index is 1.35. The van der Waals surface area contributed by atoms with Gasteiger partial charge in [-0.25, -0.2) is 9.59 Å². The molecule has 16 nitrogen and oxygen atoms in total. The zero-order valence-electron chi connectivity index (χ0n) is 38.5. The van der Waals surface area contributed by atoms with Gasteiger partial charge in [0.15, 0.2) is 17.7 Å². The highest BCUT2D eigenvalue weighted by atomic mass is 16.7. The van der Waals surface area contributed by atoms with E-state index in [1.54, 1.807) is 19.9 Å². The highest BCUT2D eigenvalue weighted by Crippen LogP contribution is 2.44. The Morgan fingerprint density at radius 2 is 1.83 bits per heavy atom. The van der Waals surface area contributed by atoms with Crippen molar-refractivity contribution in [1.82, 2.24) is 20.7 Å². The van der Waals surface area contributed by atoms with Gasteiger partial charge in [-0.3, -0.25) is 4.79 Å². The molecule has 2 amide bonds. The van der Waals surface area contributed by atoms with E-state index in [1.807, 2.05) is 90.0 Å². The monoisotopic (exact) mass is 880 g/mol. The number of hydrogen-bond donors (Lipinski definition) is 3. The van der Waals surface area contributed by atoms with Crippen LogP contribution in [-0.4, -0.2) is 127 Å². The molecule has 6 rings (SSSR count). The minimum Gasteiger partial charge on any atom is -0.458 e. The number of likely N-dealkylation sites (N-methyl/N-ethyl adjacent to an activating group) is 1. The number of aromatic nitrogens is 1. The summed E-state index contributed by atoms with van der Waals surface area (Å²) >= 11 is 0. The smallest absolute Gasteiger partial charge is 0.408 e. The highest BCUT2D eigenvalue weighted by Gasteiger charge is 2.57.